The molecule has 5 heteroatoms. The molecule has 0 heterocycles. The Morgan fingerprint density at radius 3 is 2.17 bits per heavy atom. The smallest absolute Gasteiger partial charge is 0.230 e. The Balaban J connectivity index is 1.55. The first-order valence-electron chi connectivity index (χ1n) is 8.82. The summed E-state index contributed by atoms with van der Waals surface area (Å²) < 4.78 is 14.1. The third kappa shape index (κ3) is 2.70. The van der Waals surface area contributed by atoms with Gasteiger partial charge in [-0.3, -0.25) is 9.59 Å². The number of benzene rings is 1. The number of rotatable bonds is 3. The molecule has 0 aromatic heterocycles. The summed E-state index contributed by atoms with van der Waals surface area (Å²) in [7, 11) is 0. The second kappa shape index (κ2) is 5.57. The lowest BCUT2D eigenvalue weighted by atomic mass is 9.49. The molecule has 0 unspecified atom stereocenters. The lowest BCUT2D eigenvalue weighted by Gasteiger charge is -2.55. The minimum atomic E-state index is -0.470. The highest BCUT2D eigenvalue weighted by atomic mass is 19.1. The summed E-state index contributed by atoms with van der Waals surface area (Å²) in [4.78, 5) is 24.2. The van der Waals surface area contributed by atoms with E-state index in [2.05, 4.69) is 10.6 Å². The molecule has 128 valence electrons. The van der Waals surface area contributed by atoms with E-state index in [-0.39, 0.29) is 22.9 Å². The average molecular weight is 330 g/mol. The van der Waals surface area contributed by atoms with Crippen LogP contribution in [0, 0.1) is 29.0 Å². The molecule has 4 aliphatic carbocycles. The Labute approximate surface area is 141 Å². The number of hydrogen-bond acceptors (Lipinski definition) is 2. The van der Waals surface area contributed by atoms with Crippen molar-refractivity contribution in [1.82, 2.24) is 0 Å². The van der Waals surface area contributed by atoms with Crippen molar-refractivity contribution in [2.75, 3.05) is 10.6 Å². The Morgan fingerprint density at radius 2 is 1.62 bits per heavy atom. The molecule has 0 spiro atoms. The molecule has 5 rings (SSSR count). The summed E-state index contributed by atoms with van der Waals surface area (Å²) in [5, 5.41) is 5.44. The second-order valence-corrected chi connectivity index (χ2v) is 8.03. The molecule has 0 aliphatic heterocycles. The minimum absolute atomic E-state index is 0.0412. The number of hydrogen-bond donors (Lipinski definition) is 2. The molecule has 1 aromatic carbocycles. The van der Waals surface area contributed by atoms with Gasteiger partial charge in [-0.2, -0.15) is 0 Å². The van der Waals surface area contributed by atoms with Gasteiger partial charge in [0.15, 0.2) is 0 Å². The fourth-order valence-corrected chi connectivity index (χ4v) is 5.55. The van der Waals surface area contributed by atoms with Crippen molar-refractivity contribution in [2.24, 2.45) is 23.2 Å². The standard InChI is InChI=1S/C19H23FN2O2/c1-11(23)21-15-2-3-16(20)17(7-15)22-18(24)19-8-12-4-13(9-19)6-14(5-12)10-19/h2-3,7,12-14H,4-6,8-10H2,1H3,(H,21,23)(H,22,24). The highest BCUT2D eigenvalue weighted by molar-refractivity contribution is 5.97. The van der Waals surface area contributed by atoms with Gasteiger partial charge in [-0.25, -0.2) is 4.39 Å². The van der Waals surface area contributed by atoms with Gasteiger partial charge in [0.2, 0.25) is 11.8 Å². The number of carbonyl (C=O) groups is 2. The molecular weight excluding hydrogens is 307 g/mol. The van der Waals surface area contributed by atoms with E-state index in [0.29, 0.717) is 23.4 Å². The lowest BCUT2D eigenvalue weighted by Crippen LogP contribution is -2.51. The third-order valence-electron chi connectivity index (χ3n) is 6.05. The zero-order valence-corrected chi connectivity index (χ0v) is 13.9. The van der Waals surface area contributed by atoms with Crippen LogP contribution in [0.5, 0.6) is 0 Å². The summed E-state index contributed by atoms with van der Waals surface area (Å²) in [6.45, 7) is 1.40. The lowest BCUT2D eigenvalue weighted by molar-refractivity contribution is -0.140. The highest BCUT2D eigenvalue weighted by Gasteiger charge is 2.54. The highest BCUT2D eigenvalue weighted by Crippen LogP contribution is 2.60. The molecule has 4 fully saturated rings. The maximum Gasteiger partial charge on any atom is 0.230 e. The van der Waals surface area contributed by atoms with E-state index >= 15 is 0 Å². The van der Waals surface area contributed by atoms with E-state index in [4.69, 9.17) is 0 Å². The number of halogens is 1. The van der Waals surface area contributed by atoms with Crippen LogP contribution in [0.2, 0.25) is 0 Å². The van der Waals surface area contributed by atoms with E-state index in [1.54, 1.807) is 0 Å². The molecule has 4 saturated carbocycles. The summed E-state index contributed by atoms with van der Waals surface area (Å²) in [6, 6.07) is 4.27. The maximum atomic E-state index is 14.1. The predicted octanol–water partition coefficient (Wildman–Crippen LogP) is 3.94. The first-order chi connectivity index (χ1) is 11.4. The summed E-state index contributed by atoms with van der Waals surface area (Å²) in [6.07, 6.45) is 6.62. The molecular formula is C19H23FN2O2. The second-order valence-electron chi connectivity index (χ2n) is 8.03. The SMILES string of the molecule is CC(=O)Nc1ccc(F)c(NC(=O)C23CC4CC(CC(C4)C2)C3)c1. The van der Waals surface area contributed by atoms with Crippen LogP contribution in [-0.2, 0) is 9.59 Å². The average Bonchev–Trinajstić information content (AvgIpc) is 2.48. The molecule has 4 aliphatic rings. The Hall–Kier alpha value is -1.91. The minimum Gasteiger partial charge on any atom is -0.326 e. The van der Waals surface area contributed by atoms with Gasteiger partial charge in [-0.1, -0.05) is 0 Å². The summed E-state index contributed by atoms with van der Waals surface area (Å²) in [5.74, 6) is 1.26. The molecule has 1 aromatic rings. The largest absolute Gasteiger partial charge is 0.326 e. The monoisotopic (exact) mass is 330 g/mol. The van der Waals surface area contributed by atoms with Gasteiger partial charge >= 0.3 is 0 Å². The molecule has 2 amide bonds. The Bertz CT molecular complexity index is 665. The first kappa shape index (κ1) is 15.6. The number of carbonyl (C=O) groups excluding carboxylic acids is 2. The maximum absolute atomic E-state index is 14.1. The van der Waals surface area contributed by atoms with Crippen LogP contribution in [0.1, 0.15) is 45.4 Å². The van der Waals surface area contributed by atoms with Crippen LogP contribution >= 0.6 is 0 Å². The van der Waals surface area contributed by atoms with Crippen molar-refractivity contribution in [1.29, 1.82) is 0 Å². The van der Waals surface area contributed by atoms with Crippen LogP contribution in [0.4, 0.5) is 15.8 Å². The van der Waals surface area contributed by atoms with Gasteiger partial charge in [-0.15, -0.1) is 0 Å². The van der Waals surface area contributed by atoms with Crippen LogP contribution in [0.25, 0.3) is 0 Å². The quantitative estimate of drug-likeness (QED) is 0.882. The molecule has 24 heavy (non-hydrogen) atoms. The molecule has 0 saturated heterocycles. The van der Waals surface area contributed by atoms with Gasteiger partial charge in [0.25, 0.3) is 0 Å². The van der Waals surface area contributed by atoms with Crippen molar-refractivity contribution < 1.29 is 14.0 Å². The third-order valence-corrected chi connectivity index (χ3v) is 6.05. The fourth-order valence-electron chi connectivity index (χ4n) is 5.55. The zero-order chi connectivity index (χ0) is 16.9. The van der Waals surface area contributed by atoms with E-state index in [1.807, 2.05) is 0 Å². The first-order valence-corrected chi connectivity index (χ1v) is 8.82. The molecule has 4 nitrogen and oxygen atoms in total. The fraction of sp³-hybridized carbons (Fsp3) is 0.579. The Kier molecular flexibility index (Phi) is 3.62. The van der Waals surface area contributed by atoms with Crippen molar-refractivity contribution >= 4 is 23.2 Å². The number of anilines is 2. The summed E-state index contributed by atoms with van der Waals surface area (Å²) >= 11 is 0. The zero-order valence-electron chi connectivity index (χ0n) is 13.9. The van der Waals surface area contributed by atoms with Crippen molar-refractivity contribution in [3.8, 4) is 0 Å². The van der Waals surface area contributed by atoms with Crippen molar-refractivity contribution in [2.45, 2.75) is 45.4 Å². The van der Waals surface area contributed by atoms with Crippen molar-refractivity contribution in [3.63, 3.8) is 0 Å². The topological polar surface area (TPSA) is 58.2 Å². The van der Waals surface area contributed by atoms with Gasteiger partial charge in [0.05, 0.1) is 11.1 Å². The van der Waals surface area contributed by atoms with Crippen molar-refractivity contribution in [3.05, 3.63) is 24.0 Å². The van der Waals surface area contributed by atoms with E-state index < -0.39 is 5.82 Å². The predicted molar refractivity (Wildman–Crippen MR) is 89.9 cm³/mol. The van der Waals surface area contributed by atoms with Gasteiger partial charge in [0, 0.05) is 12.6 Å². The number of amides is 2. The molecule has 2 N–H and O–H groups in total. The van der Waals surface area contributed by atoms with Crippen LogP contribution in [0.3, 0.4) is 0 Å². The van der Waals surface area contributed by atoms with E-state index in [0.717, 1.165) is 19.3 Å². The summed E-state index contributed by atoms with van der Waals surface area (Å²) in [5.41, 5.74) is 0.331. The van der Waals surface area contributed by atoms with Crippen LogP contribution in [0.15, 0.2) is 18.2 Å². The number of nitrogens with one attached hydrogen (secondary N) is 2. The van der Waals surface area contributed by atoms with Gasteiger partial charge in [0.1, 0.15) is 5.82 Å². The van der Waals surface area contributed by atoms with E-state index in [1.165, 1.54) is 44.4 Å². The van der Waals surface area contributed by atoms with E-state index in [9.17, 15) is 14.0 Å². The normalized spacial score (nSPS) is 33.3. The molecule has 0 atom stereocenters. The molecule has 4 bridgehead atoms. The van der Waals surface area contributed by atoms with Crippen LogP contribution in [-0.4, -0.2) is 11.8 Å². The van der Waals surface area contributed by atoms with Crippen LogP contribution < -0.4 is 10.6 Å². The molecule has 0 radical (unpaired) electrons. The van der Waals surface area contributed by atoms with Gasteiger partial charge < -0.3 is 10.6 Å². The van der Waals surface area contributed by atoms with Gasteiger partial charge in [-0.05, 0) is 74.5 Å². The Morgan fingerprint density at radius 1 is 1.04 bits per heavy atom.